The lowest BCUT2D eigenvalue weighted by molar-refractivity contribution is -0.217. The van der Waals surface area contributed by atoms with Crippen molar-refractivity contribution in [3.63, 3.8) is 0 Å². The molecule has 0 aliphatic heterocycles. The summed E-state index contributed by atoms with van der Waals surface area (Å²) >= 11 is 0. The molecule has 13 heteroatoms. The number of hydrogen-bond acceptors (Lipinski definition) is 4. The minimum Gasteiger partial charge on any atom is -0.451 e. The summed E-state index contributed by atoms with van der Waals surface area (Å²) in [5, 5.41) is 0. The van der Waals surface area contributed by atoms with Gasteiger partial charge in [0.15, 0.2) is 0 Å². The molecule has 0 aliphatic carbocycles. The smallest absolute Gasteiger partial charge is 0.426 e. The summed E-state index contributed by atoms with van der Waals surface area (Å²) in [4.78, 5) is 12.5. The second-order valence-electron chi connectivity index (χ2n) is 7.36. The van der Waals surface area contributed by atoms with E-state index in [0.717, 1.165) is 41.1 Å². The van der Waals surface area contributed by atoms with Crippen molar-refractivity contribution in [2.24, 2.45) is 5.92 Å². The average molecular weight is 444 g/mol. The third-order valence-electron chi connectivity index (χ3n) is 5.41. The minimum atomic E-state index is -5.10. The first-order valence-electron chi connectivity index (χ1n) is 10.1. The molecule has 0 saturated heterocycles. The molecule has 0 saturated carbocycles. The Morgan fingerprint density at radius 2 is 1.70 bits per heavy atom. The summed E-state index contributed by atoms with van der Waals surface area (Å²) in [5.74, 6) is -3.70. The van der Waals surface area contributed by atoms with E-state index < -0.39 is 40.0 Å². The van der Waals surface area contributed by atoms with Crippen LogP contribution >= 0.6 is 0 Å². The average Bonchev–Trinajstić information content (AvgIpc) is 2.63. The number of rotatable bonds is 10. The lowest BCUT2D eigenvalue weighted by Gasteiger charge is -2.25. The van der Waals surface area contributed by atoms with Crippen LogP contribution in [-0.4, -0.2) is 68.4 Å². The first-order chi connectivity index (χ1) is 13.8. The van der Waals surface area contributed by atoms with Crippen molar-refractivity contribution in [3.8, 4) is 0 Å². The Kier molecular flexibility index (Phi) is 9.60. The molecule has 2 unspecified atom stereocenters. The Hall–Kier alpha value is -1.35. The molecule has 164 valence electrons. The molecule has 0 aromatic heterocycles. The Bertz CT molecular complexity index is 862. The molecule has 2 atom stereocenters. The predicted octanol–water partition coefficient (Wildman–Crippen LogP) is -1.73. The minimum absolute atomic E-state index is 0.211. The van der Waals surface area contributed by atoms with E-state index in [1.807, 2.05) is 23.5 Å². The Morgan fingerprint density at radius 1 is 1.13 bits per heavy atom. The van der Waals surface area contributed by atoms with Crippen LogP contribution in [0.25, 0.3) is 0 Å². The number of hydrogen-bond donors (Lipinski definition) is 1. The topological polar surface area (TPSA) is 80.7 Å². The molecular weight excluding hydrogens is 416 g/mol. The van der Waals surface area contributed by atoms with Crippen molar-refractivity contribution >= 4 is 52.9 Å². The van der Waals surface area contributed by atoms with Gasteiger partial charge in [-0.3, -0.25) is 9.35 Å². The third-order valence-corrected chi connectivity index (χ3v) is 6.14. The second-order valence-corrected chi connectivity index (χ2v) is 8.86. The molecule has 0 heterocycles. The van der Waals surface area contributed by atoms with Crippen molar-refractivity contribution in [2.45, 2.75) is 51.0 Å². The van der Waals surface area contributed by atoms with Crippen LogP contribution in [0, 0.1) is 5.92 Å². The normalized spacial score (nSPS) is 14.3. The maximum atomic E-state index is 13.1. The number of alkyl halides is 3. The van der Waals surface area contributed by atoms with Crippen molar-refractivity contribution in [3.05, 3.63) is 28.3 Å². The Morgan fingerprint density at radius 3 is 2.10 bits per heavy atom. The Labute approximate surface area is 179 Å². The lowest BCUT2D eigenvalue weighted by atomic mass is 9.71. The van der Waals surface area contributed by atoms with Gasteiger partial charge in [0.05, 0.1) is 5.92 Å². The van der Waals surface area contributed by atoms with Gasteiger partial charge in [-0.05, 0) is 18.4 Å². The van der Waals surface area contributed by atoms with Gasteiger partial charge in [-0.25, -0.2) is 0 Å². The van der Waals surface area contributed by atoms with Crippen LogP contribution in [0.4, 0.5) is 13.2 Å². The zero-order valence-corrected chi connectivity index (χ0v) is 18.9. The van der Waals surface area contributed by atoms with Crippen LogP contribution in [-0.2, 0) is 45.0 Å². The predicted molar refractivity (Wildman–Crippen MR) is 121 cm³/mol. The summed E-state index contributed by atoms with van der Waals surface area (Å²) in [6, 6.07) is 2.08. The maximum Gasteiger partial charge on any atom is 0.426 e. The molecule has 1 N–H and O–H groups in total. The van der Waals surface area contributed by atoms with Crippen molar-refractivity contribution in [1.82, 2.24) is 0 Å². The Balaban J connectivity index is 3.25. The monoisotopic (exact) mass is 444 g/mol. The van der Waals surface area contributed by atoms with Crippen LogP contribution < -0.4 is 5.46 Å². The fraction of sp³-hybridized carbons (Fsp3) is 0.588. The standard InChI is InChI=1S/C17H27B4F3O5S/c1-2-9(16(25)29-14(17(22,23)24)8-30(26,27)28)4-12-10(5-18)3-11(6-19)15(21)13(12)7-20/h3,9,14H,2,4-8,18-21H2,1H3,(H,26,27,28). The highest BCUT2D eigenvalue weighted by Crippen LogP contribution is 2.27. The molecule has 0 aliphatic rings. The van der Waals surface area contributed by atoms with Crippen molar-refractivity contribution in [1.29, 1.82) is 0 Å². The van der Waals surface area contributed by atoms with Crippen LogP contribution in [0.3, 0.4) is 0 Å². The first kappa shape index (κ1) is 26.7. The summed E-state index contributed by atoms with van der Waals surface area (Å²) in [5.41, 5.74) is 5.40. The highest BCUT2D eigenvalue weighted by atomic mass is 32.2. The maximum absolute atomic E-state index is 13.1. The van der Waals surface area contributed by atoms with Gasteiger partial charge in [-0.15, -0.1) is 0 Å². The third kappa shape index (κ3) is 7.11. The molecule has 0 amide bonds. The molecule has 0 spiro atoms. The SMILES string of the molecule is BCc1cc(CB)c(CC(CC)C(=O)OC(CS(=O)(=O)O)C(F)(F)F)c(CB)c1B. The summed E-state index contributed by atoms with van der Waals surface area (Å²) < 4.78 is 74.6. The van der Waals surface area contributed by atoms with E-state index in [1.165, 1.54) is 5.56 Å². The van der Waals surface area contributed by atoms with Gasteiger partial charge in [0.25, 0.3) is 10.1 Å². The molecule has 1 aromatic rings. The fourth-order valence-electron chi connectivity index (χ4n) is 3.70. The second kappa shape index (κ2) is 10.8. The van der Waals surface area contributed by atoms with Gasteiger partial charge in [0, 0.05) is 0 Å². The molecule has 1 rings (SSSR count). The van der Waals surface area contributed by atoms with E-state index >= 15 is 0 Å². The summed E-state index contributed by atoms with van der Waals surface area (Å²) in [7, 11) is 3.07. The van der Waals surface area contributed by atoms with Gasteiger partial charge in [0.1, 0.15) is 37.1 Å². The van der Waals surface area contributed by atoms with E-state index in [1.54, 1.807) is 6.92 Å². The first-order valence-corrected chi connectivity index (χ1v) is 11.7. The van der Waals surface area contributed by atoms with E-state index in [9.17, 15) is 26.4 Å². The molecule has 0 radical (unpaired) electrons. The number of halogens is 3. The molecule has 1 aromatic carbocycles. The molecule has 30 heavy (non-hydrogen) atoms. The van der Waals surface area contributed by atoms with Crippen LogP contribution in [0.15, 0.2) is 6.07 Å². The van der Waals surface area contributed by atoms with Crippen LogP contribution in [0.1, 0.15) is 35.6 Å². The van der Waals surface area contributed by atoms with Gasteiger partial charge >= 0.3 is 12.1 Å². The number of benzene rings is 1. The molecular formula is C17H27B4F3O5S. The molecule has 0 bridgehead atoms. The van der Waals surface area contributed by atoms with Crippen LogP contribution in [0.5, 0.6) is 0 Å². The number of ether oxygens (including phenoxy) is 1. The van der Waals surface area contributed by atoms with Gasteiger partial charge < -0.3 is 4.74 Å². The highest BCUT2D eigenvalue weighted by Gasteiger charge is 2.46. The van der Waals surface area contributed by atoms with Gasteiger partial charge in [0.2, 0.25) is 6.10 Å². The van der Waals surface area contributed by atoms with E-state index in [-0.39, 0.29) is 12.8 Å². The molecule has 5 nitrogen and oxygen atoms in total. The number of esters is 1. The molecule has 0 fully saturated rings. The number of carbonyl (C=O) groups excluding carboxylic acids is 1. The fourth-order valence-corrected chi connectivity index (χ4v) is 4.34. The largest absolute Gasteiger partial charge is 0.451 e. The van der Waals surface area contributed by atoms with E-state index in [2.05, 4.69) is 18.6 Å². The quantitative estimate of drug-likeness (QED) is 0.264. The highest BCUT2D eigenvalue weighted by molar-refractivity contribution is 7.85. The van der Waals surface area contributed by atoms with E-state index in [0.29, 0.717) is 0 Å². The van der Waals surface area contributed by atoms with Gasteiger partial charge in [-0.1, -0.05) is 54.1 Å². The number of carbonyl (C=O) groups is 1. The zero-order chi connectivity index (χ0) is 23.3. The van der Waals surface area contributed by atoms with Crippen molar-refractivity contribution in [2.75, 3.05) is 5.75 Å². The summed E-state index contributed by atoms with van der Waals surface area (Å²) in [6.07, 6.45) is -5.27. The lowest BCUT2D eigenvalue weighted by Crippen LogP contribution is -2.41. The van der Waals surface area contributed by atoms with Crippen molar-refractivity contribution < 1.29 is 35.7 Å². The van der Waals surface area contributed by atoms with Gasteiger partial charge in [-0.2, -0.15) is 21.6 Å². The van der Waals surface area contributed by atoms with E-state index in [4.69, 9.17) is 4.55 Å². The zero-order valence-electron chi connectivity index (χ0n) is 18.1. The van der Waals surface area contributed by atoms with Crippen LogP contribution in [0.2, 0.25) is 0 Å². The summed E-state index contributed by atoms with van der Waals surface area (Å²) in [6.45, 7) is 1.67.